The van der Waals surface area contributed by atoms with E-state index in [1.165, 1.54) is 6.39 Å². The van der Waals surface area contributed by atoms with Crippen LogP contribution in [0.4, 0.5) is 0 Å². The maximum Gasteiger partial charge on any atom is 0.214 e. The van der Waals surface area contributed by atoms with Gasteiger partial charge in [-0.05, 0) is 30.7 Å². The van der Waals surface area contributed by atoms with Crippen LogP contribution >= 0.6 is 0 Å². The van der Waals surface area contributed by atoms with Crippen LogP contribution in [-0.4, -0.2) is 16.7 Å². The van der Waals surface area contributed by atoms with Crippen LogP contribution in [-0.2, 0) is 0 Å². The Morgan fingerprint density at radius 1 is 1.27 bits per heavy atom. The summed E-state index contributed by atoms with van der Waals surface area (Å²) in [6.07, 6.45) is 2.32. The fourth-order valence-electron chi connectivity index (χ4n) is 1.22. The zero-order valence-electron chi connectivity index (χ0n) is 8.51. The molecule has 0 N–H and O–H groups in total. The van der Waals surface area contributed by atoms with Crippen LogP contribution in [0.25, 0.3) is 11.4 Å². The second kappa shape index (κ2) is 4.59. The number of aromatic nitrogens is 2. The van der Waals surface area contributed by atoms with Crippen molar-refractivity contribution in [3.05, 3.63) is 30.7 Å². The maximum absolute atomic E-state index is 5.46. The van der Waals surface area contributed by atoms with E-state index in [2.05, 4.69) is 21.6 Å². The molecule has 0 saturated carbocycles. The van der Waals surface area contributed by atoms with Crippen molar-refractivity contribution in [3.8, 4) is 17.1 Å². The maximum atomic E-state index is 5.46. The van der Waals surface area contributed by atoms with Crippen molar-refractivity contribution in [1.29, 1.82) is 0 Å². The van der Waals surface area contributed by atoms with E-state index in [9.17, 15) is 0 Å². The molecule has 0 aliphatic carbocycles. The summed E-state index contributed by atoms with van der Waals surface area (Å²) < 4.78 is 10.1. The topological polar surface area (TPSA) is 48.2 Å². The summed E-state index contributed by atoms with van der Waals surface area (Å²) in [5.74, 6) is 1.46. The van der Waals surface area contributed by atoms with Crippen molar-refractivity contribution >= 4 is 0 Å². The minimum absolute atomic E-state index is 0.594. The SMILES string of the molecule is CCCOc1ccc(-c2ncon2)cc1. The van der Waals surface area contributed by atoms with E-state index in [-0.39, 0.29) is 0 Å². The van der Waals surface area contributed by atoms with Crippen molar-refractivity contribution in [3.63, 3.8) is 0 Å². The molecular weight excluding hydrogens is 192 g/mol. The lowest BCUT2D eigenvalue weighted by Gasteiger charge is -2.03. The van der Waals surface area contributed by atoms with E-state index < -0.39 is 0 Å². The highest BCUT2D eigenvalue weighted by molar-refractivity contribution is 5.55. The van der Waals surface area contributed by atoms with Gasteiger partial charge in [0.2, 0.25) is 12.2 Å². The first kappa shape index (κ1) is 9.71. The van der Waals surface area contributed by atoms with Crippen LogP contribution in [0.5, 0.6) is 5.75 Å². The lowest BCUT2D eigenvalue weighted by Crippen LogP contribution is -1.94. The van der Waals surface area contributed by atoms with Crippen molar-refractivity contribution < 1.29 is 9.26 Å². The van der Waals surface area contributed by atoms with E-state index in [4.69, 9.17) is 4.74 Å². The molecule has 0 unspecified atom stereocenters. The highest BCUT2D eigenvalue weighted by Crippen LogP contribution is 2.18. The Labute approximate surface area is 87.9 Å². The molecule has 2 rings (SSSR count). The summed E-state index contributed by atoms with van der Waals surface area (Å²) in [6.45, 7) is 2.81. The average molecular weight is 204 g/mol. The molecule has 4 nitrogen and oxygen atoms in total. The van der Waals surface area contributed by atoms with Gasteiger partial charge in [0.15, 0.2) is 0 Å². The molecule has 0 aliphatic heterocycles. The van der Waals surface area contributed by atoms with Gasteiger partial charge in [-0.2, -0.15) is 4.98 Å². The zero-order valence-corrected chi connectivity index (χ0v) is 8.51. The molecule has 0 radical (unpaired) electrons. The molecule has 0 amide bonds. The summed E-state index contributed by atoms with van der Waals surface area (Å²) in [4.78, 5) is 3.96. The number of nitrogens with zero attached hydrogens (tertiary/aromatic N) is 2. The number of ether oxygens (including phenoxy) is 1. The lowest BCUT2D eigenvalue weighted by molar-refractivity contribution is 0.317. The molecule has 0 spiro atoms. The highest BCUT2D eigenvalue weighted by Gasteiger charge is 2.02. The van der Waals surface area contributed by atoms with Gasteiger partial charge in [-0.25, -0.2) is 0 Å². The third-order valence-corrected chi connectivity index (χ3v) is 1.95. The summed E-state index contributed by atoms with van der Waals surface area (Å²) in [7, 11) is 0. The number of hydrogen-bond acceptors (Lipinski definition) is 4. The Hall–Kier alpha value is -1.84. The highest BCUT2D eigenvalue weighted by atomic mass is 16.5. The largest absolute Gasteiger partial charge is 0.494 e. The molecule has 1 aromatic carbocycles. The second-order valence-electron chi connectivity index (χ2n) is 3.13. The Balaban J connectivity index is 2.11. The molecule has 0 atom stereocenters. The molecule has 1 aromatic heterocycles. The van der Waals surface area contributed by atoms with Crippen molar-refractivity contribution in [2.24, 2.45) is 0 Å². The number of benzene rings is 1. The van der Waals surface area contributed by atoms with E-state index in [1.807, 2.05) is 24.3 Å². The molecule has 15 heavy (non-hydrogen) atoms. The molecule has 78 valence electrons. The average Bonchev–Trinajstić information content (AvgIpc) is 2.80. The normalized spacial score (nSPS) is 10.2. The Kier molecular flexibility index (Phi) is 2.97. The zero-order chi connectivity index (χ0) is 10.5. The first-order valence-electron chi connectivity index (χ1n) is 4.89. The third-order valence-electron chi connectivity index (χ3n) is 1.95. The van der Waals surface area contributed by atoms with Gasteiger partial charge in [-0.3, -0.25) is 0 Å². The van der Waals surface area contributed by atoms with E-state index in [0.717, 1.165) is 24.3 Å². The lowest BCUT2D eigenvalue weighted by atomic mass is 10.2. The molecular formula is C11H12N2O2. The molecule has 4 heteroatoms. The van der Waals surface area contributed by atoms with E-state index >= 15 is 0 Å². The van der Waals surface area contributed by atoms with Crippen molar-refractivity contribution in [2.75, 3.05) is 6.61 Å². The van der Waals surface area contributed by atoms with Gasteiger partial charge in [0.1, 0.15) is 5.75 Å². The minimum atomic E-state index is 0.594. The first-order valence-corrected chi connectivity index (χ1v) is 4.89. The quantitative estimate of drug-likeness (QED) is 0.767. The Morgan fingerprint density at radius 3 is 2.67 bits per heavy atom. The van der Waals surface area contributed by atoms with E-state index in [1.54, 1.807) is 0 Å². The Morgan fingerprint density at radius 2 is 2.07 bits per heavy atom. The van der Waals surface area contributed by atoms with Crippen LogP contribution in [0.2, 0.25) is 0 Å². The van der Waals surface area contributed by atoms with Crippen LogP contribution in [0, 0.1) is 0 Å². The molecule has 1 heterocycles. The van der Waals surface area contributed by atoms with Gasteiger partial charge in [0, 0.05) is 5.56 Å². The second-order valence-corrected chi connectivity index (χ2v) is 3.13. The third kappa shape index (κ3) is 2.34. The van der Waals surface area contributed by atoms with Gasteiger partial charge in [-0.1, -0.05) is 12.1 Å². The molecule has 0 fully saturated rings. The van der Waals surface area contributed by atoms with Gasteiger partial charge in [-0.15, -0.1) is 0 Å². The van der Waals surface area contributed by atoms with Gasteiger partial charge < -0.3 is 9.26 Å². The molecule has 2 aromatic rings. The summed E-state index contributed by atoms with van der Waals surface area (Å²) in [5.41, 5.74) is 0.924. The van der Waals surface area contributed by atoms with Crippen LogP contribution in [0.3, 0.4) is 0 Å². The number of hydrogen-bond donors (Lipinski definition) is 0. The summed E-state index contributed by atoms with van der Waals surface area (Å²) >= 11 is 0. The Bertz CT molecular complexity index is 395. The molecule has 0 saturated heterocycles. The molecule has 0 aliphatic rings. The fraction of sp³-hybridized carbons (Fsp3) is 0.273. The predicted molar refractivity (Wildman–Crippen MR) is 55.5 cm³/mol. The smallest absolute Gasteiger partial charge is 0.214 e. The first-order chi connectivity index (χ1) is 7.40. The van der Waals surface area contributed by atoms with Crippen molar-refractivity contribution in [2.45, 2.75) is 13.3 Å². The monoisotopic (exact) mass is 204 g/mol. The van der Waals surface area contributed by atoms with E-state index in [0.29, 0.717) is 5.82 Å². The fourth-order valence-corrected chi connectivity index (χ4v) is 1.22. The number of rotatable bonds is 4. The predicted octanol–water partition coefficient (Wildman–Crippen LogP) is 2.53. The van der Waals surface area contributed by atoms with Crippen LogP contribution in [0.1, 0.15) is 13.3 Å². The van der Waals surface area contributed by atoms with Crippen LogP contribution < -0.4 is 4.74 Å². The van der Waals surface area contributed by atoms with Gasteiger partial charge in [0.05, 0.1) is 6.61 Å². The van der Waals surface area contributed by atoms with Crippen LogP contribution in [0.15, 0.2) is 35.2 Å². The standard InChI is InChI=1S/C11H12N2O2/c1-2-7-14-10-5-3-9(4-6-10)11-12-8-15-13-11/h3-6,8H,2,7H2,1H3. The summed E-state index contributed by atoms with van der Waals surface area (Å²) in [6, 6.07) is 7.63. The van der Waals surface area contributed by atoms with Gasteiger partial charge in [0.25, 0.3) is 0 Å². The minimum Gasteiger partial charge on any atom is -0.494 e. The van der Waals surface area contributed by atoms with Crippen molar-refractivity contribution in [1.82, 2.24) is 10.1 Å². The summed E-state index contributed by atoms with van der Waals surface area (Å²) in [5, 5.41) is 3.75. The molecule has 0 bridgehead atoms. The van der Waals surface area contributed by atoms with Gasteiger partial charge >= 0.3 is 0 Å².